The number of nitrogens with zero attached hydrogens (tertiary/aromatic N) is 1. The van der Waals surface area contributed by atoms with Gasteiger partial charge < -0.3 is 14.8 Å². The minimum Gasteiger partial charge on any atom is -0.497 e. The van der Waals surface area contributed by atoms with E-state index in [9.17, 15) is 13.2 Å². The van der Waals surface area contributed by atoms with Gasteiger partial charge in [0.25, 0.3) is 0 Å². The molecule has 31 heavy (non-hydrogen) atoms. The van der Waals surface area contributed by atoms with Crippen molar-refractivity contribution in [3.63, 3.8) is 0 Å². The van der Waals surface area contributed by atoms with E-state index in [4.69, 9.17) is 9.47 Å². The van der Waals surface area contributed by atoms with E-state index in [2.05, 4.69) is 5.32 Å². The lowest BCUT2D eigenvalue weighted by molar-refractivity contribution is -0.116. The quantitative estimate of drug-likeness (QED) is 0.550. The van der Waals surface area contributed by atoms with Gasteiger partial charge in [-0.05, 0) is 29.8 Å². The molecule has 0 fully saturated rings. The number of methoxy groups -OCH3 is 2. The molecule has 3 aromatic carbocycles. The number of hydrogen-bond acceptors (Lipinski definition) is 5. The predicted octanol–water partition coefficient (Wildman–Crippen LogP) is 3.53. The highest BCUT2D eigenvalue weighted by Crippen LogP contribution is 2.31. The van der Waals surface area contributed by atoms with Crippen molar-refractivity contribution in [2.75, 3.05) is 26.1 Å². The van der Waals surface area contributed by atoms with Crippen molar-refractivity contribution in [3.05, 3.63) is 84.4 Å². The van der Waals surface area contributed by atoms with Crippen molar-refractivity contribution in [2.24, 2.45) is 0 Å². The van der Waals surface area contributed by atoms with Crippen molar-refractivity contribution >= 4 is 21.6 Å². The highest BCUT2D eigenvalue weighted by molar-refractivity contribution is 7.89. The molecule has 0 heterocycles. The standard InChI is InChI=1S/C23H24N2O5S/c1-29-20-13-14-22(21(15-20)30-2)31(27,28)25(16-18-9-5-3-6-10-18)17-23(26)24-19-11-7-4-8-12-19/h3-15H,16-17H2,1-2H3,(H,24,26). The van der Waals surface area contributed by atoms with E-state index >= 15 is 0 Å². The number of sulfonamides is 1. The van der Waals surface area contributed by atoms with Gasteiger partial charge >= 0.3 is 0 Å². The lowest BCUT2D eigenvalue weighted by Gasteiger charge is -2.23. The molecular formula is C23H24N2O5S. The molecule has 0 unspecified atom stereocenters. The summed E-state index contributed by atoms with van der Waals surface area (Å²) in [5.74, 6) is 0.159. The Labute approximate surface area is 182 Å². The number of rotatable bonds is 9. The highest BCUT2D eigenvalue weighted by Gasteiger charge is 2.30. The van der Waals surface area contributed by atoms with Gasteiger partial charge in [-0.15, -0.1) is 0 Å². The molecule has 7 nitrogen and oxygen atoms in total. The molecule has 1 N–H and O–H groups in total. The molecule has 8 heteroatoms. The monoisotopic (exact) mass is 440 g/mol. The van der Waals surface area contributed by atoms with Crippen LogP contribution in [0.4, 0.5) is 5.69 Å². The smallest absolute Gasteiger partial charge is 0.247 e. The van der Waals surface area contributed by atoms with Gasteiger partial charge in [-0.1, -0.05) is 48.5 Å². The van der Waals surface area contributed by atoms with E-state index in [0.29, 0.717) is 11.4 Å². The SMILES string of the molecule is COc1ccc(S(=O)(=O)N(CC(=O)Nc2ccccc2)Cc2ccccc2)c(OC)c1. The van der Waals surface area contributed by atoms with Crippen molar-refractivity contribution < 1.29 is 22.7 Å². The summed E-state index contributed by atoms with van der Waals surface area (Å²) < 4.78 is 38.6. The zero-order chi connectivity index (χ0) is 22.3. The first kappa shape index (κ1) is 22.3. The first-order valence-corrected chi connectivity index (χ1v) is 11.0. The topological polar surface area (TPSA) is 84.9 Å². The number of para-hydroxylation sites is 1. The average molecular weight is 441 g/mol. The summed E-state index contributed by atoms with van der Waals surface area (Å²) in [7, 11) is -1.19. The first-order chi connectivity index (χ1) is 14.9. The summed E-state index contributed by atoms with van der Waals surface area (Å²) in [6.45, 7) is -0.331. The van der Waals surface area contributed by atoms with Crippen molar-refractivity contribution in [2.45, 2.75) is 11.4 Å². The summed E-state index contributed by atoms with van der Waals surface area (Å²) in [5, 5.41) is 2.73. The fourth-order valence-corrected chi connectivity index (χ4v) is 4.54. The van der Waals surface area contributed by atoms with Crippen LogP contribution >= 0.6 is 0 Å². The summed E-state index contributed by atoms with van der Waals surface area (Å²) in [6.07, 6.45) is 0. The number of benzene rings is 3. The van der Waals surface area contributed by atoms with Gasteiger partial charge in [0, 0.05) is 18.3 Å². The summed E-state index contributed by atoms with van der Waals surface area (Å²) in [4.78, 5) is 12.6. The molecule has 0 bridgehead atoms. The van der Waals surface area contributed by atoms with Crippen molar-refractivity contribution in [1.29, 1.82) is 0 Å². The van der Waals surface area contributed by atoms with Gasteiger partial charge in [0.05, 0.1) is 20.8 Å². The maximum atomic E-state index is 13.5. The molecule has 1 amide bonds. The molecule has 162 valence electrons. The zero-order valence-corrected chi connectivity index (χ0v) is 18.1. The molecule has 0 aromatic heterocycles. The predicted molar refractivity (Wildman–Crippen MR) is 119 cm³/mol. The van der Waals surface area contributed by atoms with Gasteiger partial charge in [-0.3, -0.25) is 4.79 Å². The Bertz CT molecular complexity index is 1120. The number of amides is 1. The van der Waals surface area contributed by atoms with E-state index in [1.54, 1.807) is 30.3 Å². The highest BCUT2D eigenvalue weighted by atomic mass is 32.2. The van der Waals surface area contributed by atoms with Gasteiger partial charge in [0.1, 0.15) is 16.4 Å². The molecule has 3 rings (SSSR count). The van der Waals surface area contributed by atoms with Gasteiger partial charge in [0.15, 0.2) is 0 Å². The molecule has 0 saturated carbocycles. The summed E-state index contributed by atoms with van der Waals surface area (Å²) in [6, 6.07) is 22.4. The Morgan fingerprint density at radius 1 is 0.903 bits per heavy atom. The normalized spacial score (nSPS) is 11.2. The van der Waals surface area contributed by atoms with Crippen LogP contribution in [0, 0.1) is 0 Å². The molecule has 0 aliphatic heterocycles. The molecule has 3 aromatic rings. The number of carbonyl (C=O) groups is 1. The molecule has 0 spiro atoms. The van der Waals surface area contributed by atoms with E-state index in [-0.39, 0.29) is 23.7 Å². The van der Waals surface area contributed by atoms with Gasteiger partial charge in [-0.2, -0.15) is 4.31 Å². The second-order valence-corrected chi connectivity index (χ2v) is 8.60. The Hall–Kier alpha value is -3.36. The number of ether oxygens (including phenoxy) is 2. The Balaban J connectivity index is 1.94. The summed E-state index contributed by atoms with van der Waals surface area (Å²) in [5.41, 5.74) is 1.35. The van der Waals surface area contributed by atoms with Crippen molar-refractivity contribution in [1.82, 2.24) is 4.31 Å². The molecule has 0 radical (unpaired) electrons. The lowest BCUT2D eigenvalue weighted by atomic mass is 10.2. The maximum absolute atomic E-state index is 13.5. The number of anilines is 1. The van der Waals surface area contributed by atoms with Crippen LogP contribution in [0.2, 0.25) is 0 Å². The minimum atomic E-state index is -4.06. The van der Waals surface area contributed by atoms with E-state index in [1.807, 2.05) is 36.4 Å². The molecular weight excluding hydrogens is 416 g/mol. The van der Waals surface area contributed by atoms with Crippen LogP contribution in [0.15, 0.2) is 83.8 Å². The fourth-order valence-electron chi connectivity index (χ4n) is 3.02. The Morgan fingerprint density at radius 2 is 1.55 bits per heavy atom. The molecule has 0 atom stereocenters. The van der Waals surface area contributed by atoms with Gasteiger partial charge in [0.2, 0.25) is 15.9 Å². The van der Waals surface area contributed by atoms with Crippen LogP contribution in [0.25, 0.3) is 0 Å². The molecule has 0 aliphatic carbocycles. The summed E-state index contributed by atoms with van der Waals surface area (Å²) >= 11 is 0. The lowest BCUT2D eigenvalue weighted by Crippen LogP contribution is -2.37. The van der Waals surface area contributed by atoms with Crippen LogP contribution in [-0.2, 0) is 21.4 Å². The van der Waals surface area contributed by atoms with Crippen LogP contribution < -0.4 is 14.8 Å². The number of nitrogens with one attached hydrogen (secondary N) is 1. The van der Waals surface area contributed by atoms with Crippen LogP contribution in [0.1, 0.15) is 5.56 Å². The fraction of sp³-hybridized carbons (Fsp3) is 0.174. The maximum Gasteiger partial charge on any atom is 0.247 e. The second kappa shape index (κ2) is 10.1. The van der Waals surface area contributed by atoms with E-state index in [0.717, 1.165) is 9.87 Å². The van der Waals surface area contributed by atoms with Crippen molar-refractivity contribution in [3.8, 4) is 11.5 Å². The van der Waals surface area contributed by atoms with Crippen LogP contribution in [-0.4, -0.2) is 39.4 Å². The number of carbonyl (C=O) groups excluding carboxylic acids is 1. The third kappa shape index (κ3) is 5.62. The number of hydrogen-bond donors (Lipinski definition) is 1. The molecule has 0 aliphatic rings. The second-order valence-electron chi connectivity index (χ2n) is 6.69. The third-order valence-corrected chi connectivity index (χ3v) is 6.40. The zero-order valence-electron chi connectivity index (χ0n) is 17.3. The average Bonchev–Trinajstić information content (AvgIpc) is 2.79. The van der Waals surface area contributed by atoms with Crippen LogP contribution in [0.5, 0.6) is 11.5 Å². The van der Waals surface area contributed by atoms with Crippen LogP contribution in [0.3, 0.4) is 0 Å². The Morgan fingerprint density at radius 3 is 2.16 bits per heavy atom. The Kier molecular flexibility index (Phi) is 7.28. The van der Waals surface area contributed by atoms with E-state index < -0.39 is 15.9 Å². The molecule has 0 saturated heterocycles. The van der Waals surface area contributed by atoms with E-state index in [1.165, 1.54) is 26.4 Å². The first-order valence-electron chi connectivity index (χ1n) is 9.55. The largest absolute Gasteiger partial charge is 0.497 e. The minimum absolute atomic E-state index is 0.0283. The van der Waals surface area contributed by atoms with Gasteiger partial charge in [-0.25, -0.2) is 8.42 Å². The third-order valence-electron chi connectivity index (χ3n) is 4.57.